The van der Waals surface area contributed by atoms with Crippen molar-refractivity contribution in [3.05, 3.63) is 0 Å². The first kappa shape index (κ1) is 17.3. The van der Waals surface area contributed by atoms with Crippen molar-refractivity contribution in [2.75, 3.05) is 13.1 Å². The van der Waals surface area contributed by atoms with Crippen molar-refractivity contribution in [3.8, 4) is 0 Å². The third kappa shape index (κ3) is 3.32. The highest BCUT2D eigenvalue weighted by atomic mass is 16.4. The zero-order valence-electron chi connectivity index (χ0n) is 15.2. The van der Waals surface area contributed by atoms with Gasteiger partial charge in [-0.05, 0) is 56.8 Å². The molecule has 0 radical (unpaired) electrons. The lowest BCUT2D eigenvalue weighted by Crippen LogP contribution is -2.54. The van der Waals surface area contributed by atoms with Crippen LogP contribution in [0.2, 0.25) is 0 Å². The number of amides is 1. The van der Waals surface area contributed by atoms with Gasteiger partial charge in [-0.15, -0.1) is 0 Å². The van der Waals surface area contributed by atoms with Crippen molar-refractivity contribution in [1.82, 2.24) is 9.80 Å². The van der Waals surface area contributed by atoms with Crippen LogP contribution in [0.25, 0.3) is 0 Å². The fourth-order valence-corrected chi connectivity index (χ4v) is 6.20. The van der Waals surface area contributed by atoms with E-state index in [4.69, 9.17) is 0 Å². The Kier molecular flexibility index (Phi) is 5.03. The Morgan fingerprint density at radius 3 is 2.24 bits per heavy atom. The van der Waals surface area contributed by atoms with Gasteiger partial charge in [0.15, 0.2) is 0 Å². The van der Waals surface area contributed by atoms with Crippen LogP contribution in [0.5, 0.6) is 0 Å². The van der Waals surface area contributed by atoms with E-state index in [1.54, 1.807) is 0 Å². The predicted molar refractivity (Wildman–Crippen MR) is 95.2 cm³/mol. The minimum absolute atomic E-state index is 0.189. The normalized spacial score (nSPS) is 38.9. The topological polar surface area (TPSA) is 60.9 Å². The van der Waals surface area contributed by atoms with Crippen molar-refractivity contribution in [3.63, 3.8) is 0 Å². The highest BCUT2D eigenvalue weighted by molar-refractivity contribution is 5.81. The zero-order chi connectivity index (χ0) is 17.4. The van der Waals surface area contributed by atoms with E-state index in [1.165, 1.54) is 38.5 Å². The fourth-order valence-electron chi connectivity index (χ4n) is 6.20. The van der Waals surface area contributed by atoms with Gasteiger partial charge in [-0.1, -0.05) is 25.7 Å². The lowest BCUT2D eigenvalue weighted by Gasteiger charge is -2.45. The first-order valence-electron chi connectivity index (χ1n) is 10.4. The largest absolute Gasteiger partial charge is 0.480 e. The number of carboxylic acids is 1. The van der Waals surface area contributed by atoms with Gasteiger partial charge in [-0.25, -0.2) is 0 Å². The number of hydrogen-bond donors (Lipinski definition) is 1. The van der Waals surface area contributed by atoms with Crippen LogP contribution in [-0.4, -0.2) is 58.0 Å². The standard InChI is InChI=1S/C20H32N2O3/c23-19(21-11-5-8-14-6-1-3-9-16(14)21)13-22-17-10-4-2-7-15(17)12-18(22)20(24)25/h14-18H,1-13H2,(H,24,25)/t14-,15+,16+,17+,18+/m1/s1. The number of hydrogen-bond acceptors (Lipinski definition) is 3. The summed E-state index contributed by atoms with van der Waals surface area (Å²) in [6.07, 6.45) is 12.6. The molecule has 0 aromatic rings. The molecule has 0 unspecified atom stereocenters. The smallest absolute Gasteiger partial charge is 0.320 e. The van der Waals surface area contributed by atoms with E-state index in [0.29, 0.717) is 30.5 Å². The SMILES string of the molecule is O=C(O)[C@@H]1C[C@@H]2CCCC[C@@H]2N1CC(=O)N1CCC[C@H]2CCCC[C@@H]21. The van der Waals surface area contributed by atoms with E-state index in [1.807, 2.05) is 0 Å². The van der Waals surface area contributed by atoms with Gasteiger partial charge < -0.3 is 10.0 Å². The molecule has 1 amide bonds. The van der Waals surface area contributed by atoms with Crippen LogP contribution in [0.3, 0.4) is 0 Å². The van der Waals surface area contributed by atoms with Gasteiger partial charge in [0, 0.05) is 18.6 Å². The maximum Gasteiger partial charge on any atom is 0.320 e. The highest BCUT2D eigenvalue weighted by Gasteiger charge is 2.46. The Hall–Kier alpha value is -1.10. The average molecular weight is 348 g/mol. The molecular weight excluding hydrogens is 316 g/mol. The number of piperidine rings is 1. The lowest BCUT2D eigenvalue weighted by atomic mass is 9.78. The van der Waals surface area contributed by atoms with Crippen molar-refractivity contribution in [2.24, 2.45) is 11.8 Å². The molecule has 2 saturated heterocycles. The molecule has 1 N–H and O–H groups in total. The second kappa shape index (κ2) is 7.26. The van der Waals surface area contributed by atoms with E-state index < -0.39 is 12.0 Å². The van der Waals surface area contributed by atoms with Gasteiger partial charge in [-0.3, -0.25) is 14.5 Å². The molecule has 0 aromatic carbocycles. The van der Waals surface area contributed by atoms with Crippen molar-refractivity contribution in [2.45, 2.75) is 88.8 Å². The molecule has 0 spiro atoms. The minimum atomic E-state index is -0.739. The number of fused-ring (bicyclic) bond motifs is 2. The summed E-state index contributed by atoms with van der Waals surface area (Å²) in [4.78, 5) is 29.1. The van der Waals surface area contributed by atoms with Crippen LogP contribution in [0.1, 0.15) is 70.6 Å². The van der Waals surface area contributed by atoms with Crippen LogP contribution in [0, 0.1) is 11.8 Å². The quantitative estimate of drug-likeness (QED) is 0.852. The second-order valence-corrected chi connectivity index (χ2v) is 8.72. The number of likely N-dealkylation sites (tertiary alicyclic amines) is 2. The molecule has 4 fully saturated rings. The van der Waals surface area contributed by atoms with Crippen LogP contribution < -0.4 is 0 Å². The molecule has 0 aromatic heterocycles. The Labute approximate surface area is 150 Å². The van der Waals surface area contributed by atoms with Gasteiger partial charge in [0.1, 0.15) is 6.04 Å². The monoisotopic (exact) mass is 348 g/mol. The molecule has 4 aliphatic rings. The molecule has 0 bridgehead atoms. The van der Waals surface area contributed by atoms with Gasteiger partial charge in [0.05, 0.1) is 6.54 Å². The Balaban J connectivity index is 1.47. The molecule has 5 nitrogen and oxygen atoms in total. The van der Waals surface area contributed by atoms with E-state index >= 15 is 0 Å². The van der Waals surface area contributed by atoms with Crippen molar-refractivity contribution >= 4 is 11.9 Å². The van der Waals surface area contributed by atoms with E-state index in [2.05, 4.69) is 9.80 Å². The summed E-state index contributed by atoms with van der Waals surface area (Å²) in [7, 11) is 0. The number of carboxylic acid groups (broad SMARTS) is 1. The lowest BCUT2D eigenvalue weighted by molar-refractivity contribution is -0.146. The number of carbonyl (C=O) groups excluding carboxylic acids is 1. The van der Waals surface area contributed by atoms with Crippen molar-refractivity contribution < 1.29 is 14.7 Å². The fraction of sp³-hybridized carbons (Fsp3) is 0.900. The zero-order valence-corrected chi connectivity index (χ0v) is 15.2. The molecule has 2 aliphatic heterocycles. The summed E-state index contributed by atoms with van der Waals surface area (Å²) in [5.41, 5.74) is 0. The molecule has 4 rings (SSSR count). The molecule has 25 heavy (non-hydrogen) atoms. The molecule has 2 aliphatic carbocycles. The van der Waals surface area contributed by atoms with Gasteiger partial charge in [0.2, 0.25) is 5.91 Å². The highest BCUT2D eigenvalue weighted by Crippen LogP contribution is 2.40. The Morgan fingerprint density at radius 2 is 1.48 bits per heavy atom. The van der Waals surface area contributed by atoms with Crippen LogP contribution in [-0.2, 0) is 9.59 Å². The molecular formula is C20H32N2O3. The average Bonchev–Trinajstić information content (AvgIpc) is 3.00. The Morgan fingerprint density at radius 1 is 0.840 bits per heavy atom. The minimum Gasteiger partial charge on any atom is -0.480 e. The van der Waals surface area contributed by atoms with Gasteiger partial charge >= 0.3 is 5.97 Å². The molecule has 5 atom stereocenters. The summed E-state index contributed by atoms with van der Waals surface area (Å²) < 4.78 is 0. The number of carbonyl (C=O) groups is 2. The molecule has 2 heterocycles. The summed E-state index contributed by atoms with van der Waals surface area (Å²) in [6.45, 7) is 1.20. The molecule has 140 valence electrons. The molecule has 2 saturated carbocycles. The third-order valence-corrected chi connectivity index (χ3v) is 7.39. The summed E-state index contributed by atoms with van der Waals surface area (Å²) in [5, 5.41) is 9.67. The number of aliphatic carboxylic acids is 1. The maximum absolute atomic E-state index is 13.1. The summed E-state index contributed by atoms with van der Waals surface area (Å²) in [5.74, 6) is 0.611. The summed E-state index contributed by atoms with van der Waals surface area (Å²) >= 11 is 0. The van der Waals surface area contributed by atoms with Crippen molar-refractivity contribution in [1.29, 1.82) is 0 Å². The van der Waals surface area contributed by atoms with E-state index in [-0.39, 0.29) is 5.91 Å². The number of nitrogens with zero attached hydrogens (tertiary/aromatic N) is 2. The van der Waals surface area contributed by atoms with Gasteiger partial charge in [0.25, 0.3) is 0 Å². The first-order chi connectivity index (χ1) is 12.1. The van der Waals surface area contributed by atoms with Gasteiger partial charge in [-0.2, -0.15) is 0 Å². The van der Waals surface area contributed by atoms with Crippen LogP contribution in [0.15, 0.2) is 0 Å². The van der Waals surface area contributed by atoms with E-state index in [0.717, 1.165) is 38.6 Å². The van der Waals surface area contributed by atoms with E-state index in [9.17, 15) is 14.7 Å². The Bertz CT molecular complexity index is 521. The predicted octanol–water partition coefficient (Wildman–Crippen LogP) is 2.89. The second-order valence-electron chi connectivity index (χ2n) is 8.72. The third-order valence-electron chi connectivity index (χ3n) is 7.39. The van der Waals surface area contributed by atoms with Crippen LogP contribution in [0.4, 0.5) is 0 Å². The number of rotatable bonds is 3. The summed E-state index contributed by atoms with van der Waals surface area (Å²) in [6, 6.07) is 0.276. The first-order valence-corrected chi connectivity index (χ1v) is 10.4. The van der Waals surface area contributed by atoms with Crippen LogP contribution >= 0.6 is 0 Å². The molecule has 5 heteroatoms. The maximum atomic E-state index is 13.1.